The van der Waals surface area contributed by atoms with Crippen LogP contribution in [0.2, 0.25) is 0 Å². The summed E-state index contributed by atoms with van der Waals surface area (Å²) in [5.74, 6) is -0.167. The van der Waals surface area contributed by atoms with E-state index < -0.39 is 5.97 Å². The molecule has 1 amide bonds. The molecule has 2 N–H and O–H groups in total. The Hall–Kier alpha value is -2.70. The summed E-state index contributed by atoms with van der Waals surface area (Å²) in [6.07, 6.45) is 4.99. The Balaban J connectivity index is 1.57. The highest BCUT2D eigenvalue weighted by Gasteiger charge is 2.26. The standard InChI is InChI=1S/C20H25N3O4/c24-18(23-13-4-3-6-14(23)11-12-19(25)26)10-5-9-17-21-16-8-2-1-7-15(16)20(27)22-17/h1-2,7-8,14H,3-6,9-13H2,(H,25,26)(H,21,22,27)/t14-/m1/s1. The van der Waals surface area contributed by atoms with Gasteiger partial charge < -0.3 is 15.0 Å². The molecule has 0 bridgehead atoms. The van der Waals surface area contributed by atoms with E-state index in [1.807, 2.05) is 11.0 Å². The van der Waals surface area contributed by atoms with Gasteiger partial charge in [0.05, 0.1) is 10.9 Å². The van der Waals surface area contributed by atoms with Gasteiger partial charge in [0.2, 0.25) is 5.91 Å². The van der Waals surface area contributed by atoms with Crippen molar-refractivity contribution in [1.82, 2.24) is 14.9 Å². The van der Waals surface area contributed by atoms with Crippen LogP contribution in [0.25, 0.3) is 10.9 Å². The number of fused-ring (bicyclic) bond motifs is 1. The smallest absolute Gasteiger partial charge is 0.303 e. The van der Waals surface area contributed by atoms with Gasteiger partial charge in [0.15, 0.2) is 0 Å². The molecule has 3 rings (SSSR count). The van der Waals surface area contributed by atoms with E-state index in [1.165, 1.54) is 0 Å². The molecule has 2 heterocycles. The van der Waals surface area contributed by atoms with Crippen LogP contribution in [-0.4, -0.2) is 44.4 Å². The van der Waals surface area contributed by atoms with Crippen molar-refractivity contribution in [2.45, 2.75) is 57.4 Å². The number of carboxylic acids is 1. The highest BCUT2D eigenvalue weighted by Crippen LogP contribution is 2.22. The maximum absolute atomic E-state index is 12.6. The minimum atomic E-state index is -0.820. The number of hydrogen-bond donors (Lipinski definition) is 2. The monoisotopic (exact) mass is 371 g/mol. The number of carbonyl (C=O) groups excluding carboxylic acids is 1. The quantitative estimate of drug-likeness (QED) is 0.778. The SMILES string of the molecule is O=C(O)CC[C@H]1CCCCN1C(=O)CCCc1nc2ccccc2c(=O)[nH]1. The zero-order chi connectivity index (χ0) is 19.2. The van der Waals surface area contributed by atoms with E-state index >= 15 is 0 Å². The van der Waals surface area contributed by atoms with Crippen molar-refractivity contribution in [3.63, 3.8) is 0 Å². The summed E-state index contributed by atoms with van der Waals surface area (Å²) in [5.41, 5.74) is 0.499. The third-order valence-electron chi connectivity index (χ3n) is 5.11. The first-order chi connectivity index (χ1) is 13.0. The number of carbonyl (C=O) groups is 2. The second-order valence-electron chi connectivity index (χ2n) is 7.05. The van der Waals surface area contributed by atoms with Crippen molar-refractivity contribution in [2.75, 3.05) is 6.54 Å². The van der Waals surface area contributed by atoms with Gasteiger partial charge >= 0.3 is 5.97 Å². The largest absolute Gasteiger partial charge is 0.481 e. The summed E-state index contributed by atoms with van der Waals surface area (Å²) < 4.78 is 0. The minimum Gasteiger partial charge on any atom is -0.481 e. The highest BCUT2D eigenvalue weighted by molar-refractivity contribution is 5.77. The highest BCUT2D eigenvalue weighted by atomic mass is 16.4. The molecule has 27 heavy (non-hydrogen) atoms. The lowest BCUT2D eigenvalue weighted by molar-refractivity contribution is -0.140. The maximum atomic E-state index is 12.6. The number of aryl methyl sites for hydroxylation is 1. The van der Waals surface area contributed by atoms with Crippen LogP contribution in [0.3, 0.4) is 0 Å². The summed E-state index contributed by atoms with van der Waals surface area (Å²) in [5, 5.41) is 9.46. The Labute approximate surface area is 157 Å². The fraction of sp³-hybridized carbons (Fsp3) is 0.500. The van der Waals surface area contributed by atoms with Gasteiger partial charge in [-0.1, -0.05) is 12.1 Å². The predicted octanol–water partition coefficient (Wildman–Crippen LogP) is 2.49. The molecule has 1 aliphatic heterocycles. The van der Waals surface area contributed by atoms with Gasteiger partial charge in [0, 0.05) is 31.8 Å². The summed E-state index contributed by atoms with van der Waals surface area (Å²) in [6, 6.07) is 7.22. The van der Waals surface area contributed by atoms with Crippen molar-refractivity contribution >= 4 is 22.8 Å². The number of amides is 1. The first-order valence-electron chi connectivity index (χ1n) is 9.54. The van der Waals surface area contributed by atoms with Crippen LogP contribution in [0.4, 0.5) is 0 Å². The van der Waals surface area contributed by atoms with E-state index in [9.17, 15) is 14.4 Å². The molecule has 1 fully saturated rings. The molecule has 0 saturated carbocycles. The molecular weight excluding hydrogens is 346 g/mol. The molecule has 1 aromatic carbocycles. The van der Waals surface area contributed by atoms with Crippen LogP contribution in [0.5, 0.6) is 0 Å². The molecule has 0 spiro atoms. The number of H-pyrrole nitrogens is 1. The van der Waals surface area contributed by atoms with E-state index in [0.29, 0.717) is 49.0 Å². The van der Waals surface area contributed by atoms with Gasteiger partial charge in [-0.3, -0.25) is 14.4 Å². The van der Waals surface area contributed by atoms with Gasteiger partial charge in [-0.25, -0.2) is 4.98 Å². The molecule has 1 atom stereocenters. The number of piperidine rings is 1. The molecule has 1 aromatic heterocycles. The third-order valence-corrected chi connectivity index (χ3v) is 5.11. The Morgan fingerprint density at radius 1 is 1.22 bits per heavy atom. The Kier molecular flexibility index (Phi) is 6.21. The molecule has 2 aromatic rings. The maximum Gasteiger partial charge on any atom is 0.303 e. The molecular formula is C20H25N3O4. The summed E-state index contributed by atoms with van der Waals surface area (Å²) in [7, 11) is 0. The Morgan fingerprint density at radius 3 is 2.85 bits per heavy atom. The molecule has 144 valence electrons. The van der Waals surface area contributed by atoms with Gasteiger partial charge in [-0.2, -0.15) is 0 Å². The van der Waals surface area contributed by atoms with Crippen LogP contribution >= 0.6 is 0 Å². The number of nitrogens with one attached hydrogen (secondary N) is 1. The molecule has 7 heteroatoms. The Morgan fingerprint density at radius 2 is 2.04 bits per heavy atom. The van der Waals surface area contributed by atoms with Crippen LogP contribution in [0, 0.1) is 0 Å². The number of likely N-dealkylation sites (tertiary alicyclic amines) is 1. The van der Waals surface area contributed by atoms with Gasteiger partial charge in [-0.05, 0) is 44.2 Å². The average Bonchev–Trinajstić information content (AvgIpc) is 2.66. The second-order valence-corrected chi connectivity index (χ2v) is 7.05. The fourth-order valence-electron chi connectivity index (χ4n) is 3.72. The van der Waals surface area contributed by atoms with E-state index in [0.717, 1.165) is 19.3 Å². The zero-order valence-corrected chi connectivity index (χ0v) is 15.3. The van der Waals surface area contributed by atoms with Gasteiger partial charge in [0.1, 0.15) is 5.82 Å². The lowest BCUT2D eigenvalue weighted by Gasteiger charge is -2.35. The summed E-state index contributed by atoms with van der Waals surface area (Å²) in [6.45, 7) is 0.703. The first kappa shape index (κ1) is 19.1. The second kappa shape index (κ2) is 8.79. The average molecular weight is 371 g/mol. The van der Waals surface area contributed by atoms with Crippen LogP contribution < -0.4 is 5.56 Å². The molecule has 0 radical (unpaired) electrons. The predicted molar refractivity (Wildman–Crippen MR) is 102 cm³/mol. The molecule has 1 saturated heterocycles. The number of hydrogen-bond acceptors (Lipinski definition) is 4. The van der Waals surface area contributed by atoms with Crippen LogP contribution in [0.15, 0.2) is 29.1 Å². The molecule has 0 unspecified atom stereocenters. The lowest BCUT2D eigenvalue weighted by Crippen LogP contribution is -2.43. The number of aromatic amines is 1. The van der Waals surface area contributed by atoms with Crippen molar-refractivity contribution in [3.8, 4) is 0 Å². The number of aliphatic carboxylic acids is 1. The fourth-order valence-corrected chi connectivity index (χ4v) is 3.72. The third kappa shape index (κ3) is 4.93. The Bertz CT molecular complexity index is 877. The zero-order valence-electron chi connectivity index (χ0n) is 15.3. The van der Waals surface area contributed by atoms with Crippen LogP contribution in [-0.2, 0) is 16.0 Å². The van der Waals surface area contributed by atoms with E-state index in [4.69, 9.17) is 5.11 Å². The lowest BCUT2D eigenvalue weighted by atomic mass is 9.97. The van der Waals surface area contributed by atoms with Crippen molar-refractivity contribution in [3.05, 3.63) is 40.4 Å². The summed E-state index contributed by atoms with van der Waals surface area (Å²) >= 11 is 0. The number of rotatable bonds is 7. The topological polar surface area (TPSA) is 103 Å². The molecule has 1 aliphatic rings. The van der Waals surface area contributed by atoms with Crippen molar-refractivity contribution in [2.24, 2.45) is 0 Å². The van der Waals surface area contributed by atoms with Crippen molar-refractivity contribution in [1.29, 1.82) is 0 Å². The van der Waals surface area contributed by atoms with E-state index in [-0.39, 0.29) is 23.9 Å². The van der Waals surface area contributed by atoms with Gasteiger partial charge in [0.25, 0.3) is 5.56 Å². The molecule has 0 aliphatic carbocycles. The number of nitrogens with zero attached hydrogens (tertiary/aromatic N) is 2. The first-order valence-corrected chi connectivity index (χ1v) is 9.54. The van der Waals surface area contributed by atoms with E-state index in [1.54, 1.807) is 18.2 Å². The number of para-hydroxylation sites is 1. The number of benzene rings is 1. The van der Waals surface area contributed by atoms with Crippen molar-refractivity contribution < 1.29 is 14.7 Å². The van der Waals surface area contributed by atoms with E-state index in [2.05, 4.69) is 9.97 Å². The normalized spacial score (nSPS) is 17.2. The minimum absolute atomic E-state index is 0.0287. The number of aromatic nitrogens is 2. The molecule has 7 nitrogen and oxygen atoms in total. The summed E-state index contributed by atoms with van der Waals surface area (Å²) in [4.78, 5) is 44.6. The number of carboxylic acid groups (broad SMARTS) is 1. The van der Waals surface area contributed by atoms with Gasteiger partial charge in [-0.15, -0.1) is 0 Å². The van der Waals surface area contributed by atoms with Crippen LogP contribution in [0.1, 0.15) is 50.8 Å².